The molecule has 0 N–H and O–H groups in total. The Kier molecular flexibility index (Phi) is 4.63. The van der Waals surface area contributed by atoms with Gasteiger partial charge in [0, 0.05) is 4.88 Å². The Morgan fingerprint density at radius 2 is 2.12 bits per heavy atom. The number of esters is 1. The molecular weight excluding hydrogens is 336 g/mol. The van der Waals surface area contributed by atoms with Crippen molar-refractivity contribution in [1.29, 1.82) is 0 Å². The summed E-state index contributed by atoms with van der Waals surface area (Å²) in [6.07, 6.45) is 9.91. The molecular formula is C19H24N2O3S. The van der Waals surface area contributed by atoms with Crippen molar-refractivity contribution >= 4 is 27.5 Å². The Morgan fingerprint density at radius 1 is 1.32 bits per heavy atom. The van der Waals surface area contributed by atoms with Gasteiger partial charge in [-0.3, -0.25) is 14.2 Å². The predicted molar refractivity (Wildman–Crippen MR) is 98.0 cm³/mol. The number of hydrogen-bond acceptors (Lipinski definition) is 5. The number of carbonyl (C=O) groups excluding carboxylic acids is 1. The molecule has 134 valence electrons. The van der Waals surface area contributed by atoms with Crippen LogP contribution in [0.25, 0.3) is 10.2 Å². The van der Waals surface area contributed by atoms with Crippen LogP contribution in [0.4, 0.5) is 0 Å². The second-order valence-corrected chi connectivity index (χ2v) is 8.54. The second-order valence-electron chi connectivity index (χ2n) is 7.46. The van der Waals surface area contributed by atoms with Crippen LogP contribution in [0.2, 0.25) is 0 Å². The molecule has 2 aliphatic rings. The van der Waals surface area contributed by atoms with Crippen LogP contribution in [0, 0.1) is 5.92 Å². The van der Waals surface area contributed by atoms with E-state index in [1.54, 1.807) is 11.3 Å². The zero-order valence-electron chi connectivity index (χ0n) is 14.6. The molecule has 2 aromatic heterocycles. The third-order valence-corrected chi connectivity index (χ3v) is 6.59. The highest BCUT2D eigenvalue weighted by Crippen LogP contribution is 2.35. The van der Waals surface area contributed by atoms with Crippen molar-refractivity contribution in [2.45, 2.75) is 70.9 Å². The Hall–Kier alpha value is -1.69. The third-order valence-electron chi connectivity index (χ3n) is 5.43. The fourth-order valence-electron chi connectivity index (χ4n) is 4.02. The van der Waals surface area contributed by atoms with Crippen molar-refractivity contribution in [2.75, 3.05) is 0 Å². The smallest absolute Gasteiger partial charge is 0.326 e. The van der Waals surface area contributed by atoms with Crippen LogP contribution >= 0.6 is 11.3 Å². The summed E-state index contributed by atoms with van der Waals surface area (Å²) in [6, 6.07) is 0. The summed E-state index contributed by atoms with van der Waals surface area (Å²) in [5.74, 6) is 0.334. The molecule has 0 aromatic carbocycles. The Bertz CT molecular complexity index is 848. The molecule has 0 unspecified atom stereocenters. The lowest BCUT2D eigenvalue weighted by atomic mass is 9.89. The minimum Gasteiger partial charge on any atom is -0.461 e. The summed E-state index contributed by atoms with van der Waals surface area (Å²) in [5, 5.41) is 0.722. The SMILES string of the molecule is C[C@@H]1CCc2c(sc3ncn(CC(=O)OC4CCCCC4)c(=O)c23)C1. The minimum atomic E-state index is -0.326. The summed E-state index contributed by atoms with van der Waals surface area (Å²) in [7, 11) is 0. The predicted octanol–water partition coefficient (Wildman–Crippen LogP) is 3.46. The van der Waals surface area contributed by atoms with Gasteiger partial charge in [0.15, 0.2) is 0 Å². The highest BCUT2D eigenvalue weighted by Gasteiger charge is 2.24. The van der Waals surface area contributed by atoms with E-state index in [1.807, 2.05) is 0 Å². The molecule has 0 bridgehead atoms. The lowest BCUT2D eigenvalue weighted by Gasteiger charge is -2.21. The molecule has 6 heteroatoms. The maximum absolute atomic E-state index is 12.9. The van der Waals surface area contributed by atoms with Crippen LogP contribution < -0.4 is 5.56 Å². The van der Waals surface area contributed by atoms with Gasteiger partial charge >= 0.3 is 5.97 Å². The summed E-state index contributed by atoms with van der Waals surface area (Å²) >= 11 is 1.63. The van der Waals surface area contributed by atoms with Crippen molar-refractivity contribution in [3.8, 4) is 0 Å². The third kappa shape index (κ3) is 3.36. The van der Waals surface area contributed by atoms with Crippen LogP contribution in [-0.2, 0) is 28.9 Å². The van der Waals surface area contributed by atoms with Gasteiger partial charge in [0.2, 0.25) is 0 Å². The molecule has 5 nitrogen and oxygen atoms in total. The van der Waals surface area contributed by atoms with Crippen LogP contribution in [0.3, 0.4) is 0 Å². The van der Waals surface area contributed by atoms with Crippen LogP contribution in [-0.4, -0.2) is 21.6 Å². The molecule has 0 spiro atoms. The van der Waals surface area contributed by atoms with Gasteiger partial charge in [-0.15, -0.1) is 11.3 Å². The number of nitrogens with zero attached hydrogens (tertiary/aromatic N) is 2. The van der Waals surface area contributed by atoms with Gasteiger partial charge in [-0.1, -0.05) is 13.3 Å². The highest BCUT2D eigenvalue weighted by atomic mass is 32.1. The monoisotopic (exact) mass is 360 g/mol. The molecule has 4 rings (SSSR count). The Balaban J connectivity index is 1.57. The Labute approximate surface area is 151 Å². The minimum absolute atomic E-state index is 0.0176. The van der Waals surface area contributed by atoms with E-state index in [0.29, 0.717) is 5.92 Å². The number of aryl methyl sites for hydroxylation is 1. The molecule has 0 radical (unpaired) electrons. The first-order chi connectivity index (χ1) is 12.1. The van der Waals surface area contributed by atoms with Crippen molar-refractivity contribution in [3.63, 3.8) is 0 Å². The molecule has 0 saturated heterocycles. The van der Waals surface area contributed by atoms with E-state index in [9.17, 15) is 9.59 Å². The van der Waals surface area contributed by atoms with Gasteiger partial charge in [-0.2, -0.15) is 0 Å². The zero-order chi connectivity index (χ0) is 17.4. The number of hydrogen-bond donors (Lipinski definition) is 0. The lowest BCUT2D eigenvalue weighted by molar-refractivity contribution is -0.151. The quantitative estimate of drug-likeness (QED) is 0.787. The second kappa shape index (κ2) is 6.90. The molecule has 1 saturated carbocycles. The molecule has 0 aliphatic heterocycles. The summed E-state index contributed by atoms with van der Waals surface area (Å²) in [4.78, 5) is 31.7. The van der Waals surface area contributed by atoms with E-state index in [2.05, 4.69) is 11.9 Å². The highest BCUT2D eigenvalue weighted by molar-refractivity contribution is 7.18. The Morgan fingerprint density at radius 3 is 2.92 bits per heavy atom. The van der Waals surface area contributed by atoms with Crippen LogP contribution in [0.1, 0.15) is 55.9 Å². The summed E-state index contributed by atoms with van der Waals surface area (Å²) in [5.41, 5.74) is 1.06. The van der Waals surface area contributed by atoms with Gasteiger partial charge in [0.1, 0.15) is 17.5 Å². The van der Waals surface area contributed by atoms with E-state index in [0.717, 1.165) is 60.7 Å². The van der Waals surface area contributed by atoms with E-state index in [1.165, 1.54) is 22.2 Å². The number of aromatic nitrogens is 2. The van der Waals surface area contributed by atoms with Crippen LogP contribution in [0.5, 0.6) is 0 Å². The maximum atomic E-state index is 12.9. The van der Waals surface area contributed by atoms with E-state index >= 15 is 0 Å². The summed E-state index contributed by atoms with van der Waals surface area (Å²) in [6.45, 7) is 2.21. The number of ether oxygens (including phenoxy) is 1. The van der Waals surface area contributed by atoms with Gasteiger partial charge in [0.05, 0.1) is 11.7 Å². The maximum Gasteiger partial charge on any atom is 0.326 e. The first kappa shape index (κ1) is 16.8. The number of carbonyl (C=O) groups is 1. The average molecular weight is 360 g/mol. The van der Waals surface area contributed by atoms with Gasteiger partial charge in [0.25, 0.3) is 5.56 Å². The van der Waals surface area contributed by atoms with Gasteiger partial charge in [-0.05, 0) is 56.4 Å². The lowest BCUT2D eigenvalue weighted by Crippen LogP contribution is -2.29. The van der Waals surface area contributed by atoms with Crippen molar-refractivity contribution in [2.24, 2.45) is 5.92 Å². The normalized spacial score (nSPS) is 21.2. The standard InChI is InChI=1S/C19H24N2O3S/c1-12-7-8-14-15(9-12)25-18-17(14)19(23)21(11-20-18)10-16(22)24-13-5-3-2-4-6-13/h11-13H,2-10H2,1H3/t12-/m1/s1. The van der Waals surface area contributed by atoms with Crippen LogP contribution in [0.15, 0.2) is 11.1 Å². The fourth-order valence-corrected chi connectivity index (χ4v) is 5.36. The van der Waals surface area contributed by atoms with Crippen molar-refractivity contribution < 1.29 is 9.53 Å². The fraction of sp³-hybridized carbons (Fsp3) is 0.632. The van der Waals surface area contributed by atoms with Gasteiger partial charge < -0.3 is 4.74 Å². The first-order valence-corrected chi connectivity index (χ1v) is 10.1. The molecule has 25 heavy (non-hydrogen) atoms. The molecule has 0 amide bonds. The number of thiophene rings is 1. The van der Waals surface area contributed by atoms with Crippen molar-refractivity contribution in [3.05, 3.63) is 27.1 Å². The van der Waals surface area contributed by atoms with E-state index < -0.39 is 0 Å². The molecule has 1 fully saturated rings. The van der Waals surface area contributed by atoms with E-state index in [-0.39, 0.29) is 24.2 Å². The number of fused-ring (bicyclic) bond motifs is 3. The topological polar surface area (TPSA) is 61.2 Å². The van der Waals surface area contributed by atoms with Gasteiger partial charge in [-0.25, -0.2) is 4.98 Å². The van der Waals surface area contributed by atoms with E-state index in [4.69, 9.17) is 4.74 Å². The molecule has 2 aromatic rings. The average Bonchev–Trinajstić information content (AvgIpc) is 2.96. The molecule has 2 heterocycles. The first-order valence-electron chi connectivity index (χ1n) is 9.31. The zero-order valence-corrected chi connectivity index (χ0v) is 15.4. The molecule has 2 aliphatic carbocycles. The van der Waals surface area contributed by atoms with Crippen molar-refractivity contribution in [1.82, 2.24) is 9.55 Å². The largest absolute Gasteiger partial charge is 0.461 e. The number of rotatable bonds is 3. The summed E-state index contributed by atoms with van der Waals surface area (Å²) < 4.78 is 6.96. The molecule has 1 atom stereocenters.